The summed E-state index contributed by atoms with van der Waals surface area (Å²) in [5.41, 5.74) is 4.13. The number of nitrogens with one attached hydrogen (secondary N) is 2. The summed E-state index contributed by atoms with van der Waals surface area (Å²) in [5.74, 6) is 1.53. The normalized spacial score (nSPS) is 14.6. The summed E-state index contributed by atoms with van der Waals surface area (Å²) in [7, 11) is -3.37. The van der Waals surface area contributed by atoms with E-state index in [1.54, 1.807) is 23.6 Å². The highest BCUT2D eigenvalue weighted by atomic mass is 32.2. The molecule has 3 aromatic heterocycles. The number of hydrogen-bond donors (Lipinski definition) is 2. The third-order valence-corrected chi connectivity index (χ3v) is 7.62. The van der Waals surface area contributed by atoms with Crippen molar-refractivity contribution in [3.8, 4) is 21.8 Å². The number of aromatic amines is 1. The molecule has 178 valence electrons. The fraction of sp³-hybridized carbons (Fsp3) is 0.208. The second-order valence-corrected chi connectivity index (χ2v) is 11.2. The molecular formula is C24H22N6O3S2. The van der Waals surface area contributed by atoms with E-state index in [0.717, 1.165) is 62.3 Å². The van der Waals surface area contributed by atoms with E-state index < -0.39 is 10.0 Å². The van der Waals surface area contributed by atoms with E-state index in [4.69, 9.17) is 14.7 Å². The van der Waals surface area contributed by atoms with Gasteiger partial charge >= 0.3 is 0 Å². The SMILES string of the molecule is CS(=O)(=O)Nc1cccc(-c2cc3nc(-c4cccc5[nH]ncc45)nc(N4CCOCC4)c3s2)c1. The monoisotopic (exact) mass is 506 g/mol. The van der Waals surface area contributed by atoms with Crippen LogP contribution in [0.3, 0.4) is 0 Å². The van der Waals surface area contributed by atoms with Gasteiger partial charge in [0.1, 0.15) is 0 Å². The Hall–Kier alpha value is -3.54. The first-order valence-corrected chi connectivity index (χ1v) is 13.8. The minimum Gasteiger partial charge on any atom is -0.378 e. The van der Waals surface area contributed by atoms with Gasteiger partial charge in [0, 0.05) is 34.6 Å². The van der Waals surface area contributed by atoms with Crippen LogP contribution in [0.2, 0.25) is 0 Å². The highest BCUT2D eigenvalue weighted by molar-refractivity contribution is 7.92. The number of fused-ring (bicyclic) bond motifs is 2. The Labute approximate surface area is 205 Å². The van der Waals surface area contributed by atoms with Crippen molar-refractivity contribution in [3.05, 3.63) is 54.7 Å². The lowest BCUT2D eigenvalue weighted by molar-refractivity contribution is 0.122. The molecule has 35 heavy (non-hydrogen) atoms. The molecule has 5 aromatic rings. The number of thiophene rings is 1. The molecule has 0 atom stereocenters. The Kier molecular flexibility index (Phi) is 5.39. The topological polar surface area (TPSA) is 113 Å². The van der Waals surface area contributed by atoms with Crippen LogP contribution in [0.25, 0.3) is 42.9 Å². The number of rotatable bonds is 5. The van der Waals surface area contributed by atoms with Gasteiger partial charge in [-0.2, -0.15) is 5.10 Å². The number of anilines is 2. The van der Waals surface area contributed by atoms with Crippen molar-refractivity contribution in [2.45, 2.75) is 0 Å². The summed E-state index contributed by atoms with van der Waals surface area (Å²) in [6.07, 6.45) is 2.94. The lowest BCUT2D eigenvalue weighted by Crippen LogP contribution is -2.36. The second kappa shape index (κ2) is 8.59. The first-order chi connectivity index (χ1) is 16.9. The molecule has 0 unspecified atom stereocenters. The molecule has 1 fully saturated rings. The number of aromatic nitrogens is 4. The van der Waals surface area contributed by atoms with Gasteiger partial charge in [-0.15, -0.1) is 11.3 Å². The third-order valence-electron chi connectivity index (χ3n) is 5.84. The van der Waals surface area contributed by atoms with E-state index in [0.29, 0.717) is 24.7 Å². The standard InChI is InChI=1S/C24H22N6O3S2/c1-35(31,32)29-16-5-2-4-15(12-16)21-13-20-22(34-21)24(30-8-10-33-11-9-30)27-23(26-20)17-6-3-7-19-18(17)14-25-28-19/h2-7,12-14,29H,8-11H2,1H3,(H,25,28). The van der Waals surface area contributed by atoms with Gasteiger partial charge in [0.05, 0.1) is 41.4 Å². The Morgan fingerprint density at radius 1 is 1.09 bits per heavy atom. The molecule has 0 bridgehead atoms. The predicted molar refractivity (Wildman–Crippen MR) is 139 cm³/mol. The Bertz CT molecular complexity index is 1650. The molecule has 0 aliphatic carbocycles. The highest BCUT2D eigenvalue weighted by Crippen LogP contribution is 2.40. The van der Waals surface area contributed by atoms with E-state index in [1.165, 1.54) is 0 Å². The molecule has 0 saturated carbocycles. The molecule has 0 spiro atoms. The van der Waals surface area contributed by atoms with Crippen LogP contribution in [0.15, 0.2) is 54.7 Å². The average Bonchev–Trinajstić information content (AvgIpc) is 3.50. The molecule has 1 saturated heterocycles. The summed E-state index contributed by atoms with van der Waals surface area (Å²) in [4.78, 5) is 13.2. The Morgan fingerprint density at radius 3 is 2.74 bits per heavy atom. The van der Waals surface area contributed by atoms with Gasteiger partial charge in [0.25, 0.3) is 0 Å². The van der Waals surface area contributed by atoms with Crippen molar-refractivity contribution in [2.75, 3.05) is 42.2 Å². The Morgan fingerprint density at radius 2 is 1.91 bits per heavy atom. The lowest BCUT2D eigenvalue weighted by atomic mass is 10.1. The van der Waals surface area contributed by atoms with Crippen LogP contribution >= 0.6 is 11.3 Å². The van der Waals surface area contributed by atoms with Crippen molar-refractivity contribution in [2.24, 2.45) is 0 Å². The van der Waals surface area contributed by atoms with Crippen molar-refractivity contribution in [1.82, 2.24) is 20.2 Å². The number of morpholine rings is 1. The second-order valence-electron chi connectivity index (χ2n) is 8.39. The Balaban J connectivity index is 1.51. The molecular weight excluding hydrogens is 484 g/mol. The van der Waals surface area contributed by atoms with Gasteiger partial charge in [-0.3, -0.25) is 9.82 Å². The molecule has 9 nitrogen and oxygen atoms in total. The molecule has 1 aliphatic heterocycles. The number of nitrogens with zero attached hydrogens (tertiary/aromatic N) is 4. The molecule has 0 radical (unpaired) electrons. The van der Waals surface area contributed by atoms with Crippen LogP contribution in [0.1, 0.15) is 0 Å². The van der Waals surface area contributed by atoms with Crippen molar-refractivity contribution in [1.29, 1.82) is 0 Å². The van der Waals surface area contributed by atoms with Gasteiger partial charge in [0.15, 0.2) is 11.6 Å². The quantitative estimate of drug-likeness (QED) is 0.369. The molecule has 6 rings (SSSR count). The zero-order valence-electron chi connectivity index (χ0n) is 18.9. The summed E-state index contributed by atoms with van der Waals surface area (Å²) >= 11 is 1.60. The fourth-order valence-corrected chi connectivity index (χ4v) is 5.95. The molecule has 1 aliphatic rings. The van der Waals surface area contributed by atoms with Gasteiger partial charge in [-0.05, 0) is 29.8 Å². The van der Waals surface area contributed by atoms with Crippen LogP contribution in [-0.2, 0) is 14.8 Å². The molecule has 0 amide bonds. The fourth-order valence-electron chi connectivity index (χ4n) is 4.28. The minimum atomic E-state index is -3.37. The van der Waals surface area contributed by atoms with Crippen LogP contribution in [0.5, 0.6) is 0 Å². The summed E-state index contributed by atoms with van der Waals surface area (Å²) in [5, 5.41) is 8.17. The summed E-state index contributed by atoms with van der Waals surface area (Å²) in [6, 6.07) is 15.4. The number of sulfonamides is 1. The molecule has 2 N–H and O–H groups in total. The maximum Gasteiger partial charge on any atom is 0.229 e. The van der Waals surface area contributed by atoms with Gasteiger partial charge < -0.3 is 9.64 Å². The van der Waals surface area contributed by atoms with Gasteiger partial charge in [-0.25, -0.2) is 18.4 Å². The largest absolute Gasteiger partial charge is 0.378 e. The predicted octanol–water partition coefficient (Wildman–Crippen LogP) is 4.11. The smallest absolute Gasteiger partial charge is 0.229 e. The van der Waals surface area contributed by atoms with Gasteiger partial charge in [0.2, 0.25) is 10.0 Å². The summed E-state index contributed by atoms with van der Waals surface area (Å²) in [6.45, 7) is 2.80. The number of hydrogen-bond acceptors (Lipinski definition) is 8. The maximum absolute atomic E-state index is 11.7. The molecule has 11 heteroatoms. The number of benzene rings is 2. The molecule has 2 aromatic carbocycles. The minimum absolute atomic E-state index is 0.522. The first-order valence-electron chi connectivity index (χ1n) is 11.1. The van der Waals surface area contributed by atoms with E-state index in [1.807, 2.05) is 42.5 Å². The van der Waals surface area contributed by atoms with Gasteiger partial charge in [-0.1, -0.05) is 24.3 Å². The van der Waals surface area contributed by atoms with E-state index >= 15 is 0 Å². The van der Waals surface area contributed by atoms with Crippen molar-refractivity contribution >= 4 is 54.0 Å². The van der Waals surface area contributed by atoms with Crippen molar-refractivity contribution in [3.63, 3.8) is 0 Å². The van der Waals surface area contributed by atoms with Crippen LogP contribution in [0.4, 0.5) is 11.5 Å². The summed E-state index contributed by atoms with van der Waals surface area (Å²) < 4.78 is 32.5. The first kappa shape index (κ1) is 22.0. The van der Waals surface area contributed by atoms with Crippen molar-refractivity contribution < 1.29 is 13.2 Å². The third kappa shape index (κ3) is 4.33. The van der Waals surface area contributed by atoms with E-state index in [-0.39, 0.29) is 0 Å². The maximum atomic E-state index is 11.7. The zero-order chi connectivity index (χ0) is 24.0. The lowest BCUT2D eigenvalue weighted by Gasteiger charge is -2.28. The highest BCUT2D eigenvalue weighted by Gasteiger charge is 2.21. The number of H-pyrrole nitrogens is 1. The van der Waals surface area contributed by atoms with Crippen LogP contribution in [0, 0.1) is 0 Å². The number of ether oxygens (including phenoxy) is 1. The molecule has 4 heterocycles. The average molecular weight is 507 g/mol. The van der Waals surface area contributed by atoms with E-state index in [2.05, 4.69) is 19.8 Å². The van der Waals surface area contributed by atoms with E-state index in [9.17, 15) is 8.42 Å². The van der Waals surface area contributed by atoms with Crippen LogP contribution < -0.4 is 9.62 Å². The van der Waals surface area contributed by atoms with Crippen LogP contribution in [-0.4, -0.2) is 61.1 Å². The zero-order valence-corrected chi connectivity index (χ0v) is 20.5.